The maximum Gasteiger partial charge on any atom is 0.125 e. The summed E-state index contributed by atoms with van der Waals surface area (Å²) in [6, 6.07) is 1.89. The number of methoxy groups -OCH3 is 1. The lowest BCUT2D eigenvalue weighted by molar-refractivity contribution is 0.181. The van der Waals surface area contributed by atoms with Gasteiger partial charge in [0.1, 0.15) is 5.75 Å². The van der Waals surface area contributed by atoms with E-state index in [9.17, 15) is 5.11 Å². The number of aliphatic hydroxyl groups excluding tert-OH is 1. The van der Waals surface area contributed by atoms with Crippen LogP contribution in [0.4, 0.5) is 0 Å². The highest BCUT2D eigenvalue weighted by Gasteiger charge is 2.18. The first-order valence-corrected chi connectivity index (χ1v) is 5.54. The molecule has 3 N–H and O–H groups in total. The summed E-state index contributed by atoms with van der Waals surface area (Å²) < 4.78 is 6.24. The van der Waals surface area contributed by atoms with Crippen LogP contribution < -0.4 is 10.5 Å². The highest BCUT2D eigenvalue weighted by Crippen LogP contribution is 2.35. The van der Waals surface area contributed by atoms with E-state index in [1.54, 1.807) is 7.11 Å². The van der Waals surface area contributed by atoms with Crippen LogP contribution in [0.5, 0.6) is 5.75 Å². The van der Waals surface area contributed by atoms with Gasteiger partial charge in [-0.2, -0.15) is 0 Å². The normalized spacial score (nSPS) is 12.7. The smallest absolute Gasteiger partial charge is 0.125 e. The third-order valence-corrected chi connectivity index (χ3v) is 3.69. The summed E-state index contributed by atoms with van der Waals surface area (Å²) in [5, 5.41) is 9.81. The summed E-state index contributed by atoms with van der Waals surface area (Å²) in [6.45, 7) is 4.11. The monoisotopic (exact) mass is 273 g/mol. The molecule has 3 nitrogen and oxygen atoms in total. The van der Waals surface area contributed by atoms with Crippen molar-refractivity contribution in [3.8, 4) is 5.75 Å². The van der Waals surface area contributed by atoms with Gasteiger partial charge in [0.25, 0.3) is 0 Å². The summed E-state index contributed by atoms with van der Waals surface area (Å²) in [7, 11) is 1.59. The van der Waals surface area contributed by atoms with E-state index in [1.165, 1.54) is 0 Å². The molecule has 4 heteroatoms. The molecule has 84 valence electrons. The Hall–Kier alpha value is -0.580. The Morgan fingerprint density at radius 2 is 2.13 bits per heavy atom. The van der Waals surface area contributed by atoms with Gasteiger partial charge >= 0.3 is 0 Å². The van der Waals surface area contributed by atoms with E-state index in [2.05, 4.69) is 15.9 Å². The minimum atomic E-state index is -0.683. The molecule has 15 heavy (non-hydrogen) atoms. The Morgan fingerprint density at radius 3 is 2.60 bits per heavy atom. The SMILES string of the molecule is COc1cc(C)c(Br)c(C)c1C(O)CN. The largest absolute Gasteiger partial charge is 0.496 e. The number of rotatable bonds is 3. The maximum atomic E-state index is 9.81. The van der Waals surface area contributed by atoms with Crippen LogP contribution in [0.25, 0.3) is 0 Å². The lowest BCUT2D eigenvalue weighted by Gasteiger charge is -2.18. The van der Waals surface area contributed by atoms with Gasteiger partial charge in [-0.1, -0.05) is 15.9 Å². The number of hydrogen-bond donors (Lipinski definition) is 2. The van der Waals surface area contributed by atoms with Crippen LogP contribution in [-0.2, 0) is 0 Å². The van der Waals surface area contributed by atoms with Crippen molar-refractivity contribution in [2.24, 2.45) is 5.73 Å². The van der Waals surface area contributed by atoms with Crippen molar-refractivity contribution < 1.29 is 9.84 Å². The molecule has 1 aromatic rings. The molecule has 1 atom stereocenters. The molecule has 1 aromatic carbocycles. The van der Waals surface area contributed by atoms with Crippen LogP contribution in [-0.4, -0.2) is 18.8 Å². The van der Waals surface area contributed by atoms with E-state index in [0.29, 0.717) is 5.75 Å². The van der Waals surface area contributed by atoms with E-state index >= 15 is 0 Å². The van der Waals surface area contributed by atoms with Crippen LogP contribution in [0, 0.1) is 13.8 Å². The van der Waals surface area contributed by atoms with Gasteiger partial charge < -0.3 is 15.6 Å². The fourth-order valence-electron chi connectivity index (χ4n) is 1.64. The van der Waals surface area contributed by atoms with Gasteiger partial charge in [0.05, 0.1) is 13.2 Å². The van der Waals surface area contributed by atoms with Gasteiger partial charge in [0, 0.05) is 16.6 Å². The summed E-state index contributed by atoms with van der Waals surface area (Å²) in [5.41, 5.74) is 8.28. The minimum absolute atomic E-state index is 0.187. The molecular formula is C11H16BrNO2. The van der Waals surface area contributed by atoms with Crippen molar-refractivity contribution in [3.05, 3.63) is 27.2 Å². The highest BCUT2D eigenvalue weighted by molar-refractivity contribution is 9.10. The van der Waals surface area contributed by atoms with Crippen LogP contribution in [0.15, 0.2) is 10.5 Å². The van der Waals surface area contributed by atoms with Gasteiger partial charge in [0.15, 0.2) is 0 Å². The van der Waals surface area contributed by atoms with E-state index in [1.807, 2.05) is 19.9 Å². The number of aryl methyl sites for hydroxylation is 1. The number of aliphatic hydroxyl groups is 1. The van der Waals surface area contributed by atoms with Gasteiger partial charge in [-0.15, -0.1) is 0 Å². The van der Waals surface area contributed by atoms with Crippen LogP contribution >= 0.6 is 15.9 Å². The first-order chi connectivity index (χ1) is 7.02. The molecule has 0 fully saturated rings. The average Bonchev–Trinajstić information content (AvgIpc) is 2.24. The summed E-state index contributed by atoms with van der Waals surface area (Å²) in [5.74, 6) is 0.686. The minimum Gasteiger partial charge on any atom is -0.496 e. The third-order valence-electron chi connectivity index (χ3n) is 2.47. The van der Waals surface area contributed by atoms with Crippen molar-refractivity contribution in [2.75, 3.05) is 13.7 Å². The standard InChI is InChI=1S/C11H16BrNO2/c1-6-4-9(15-3)10(8(14)5-13)7(2)11(6)12/h4,8,14H,5,13H2,1-3H3. The Kier molecular flexibility index (Phi) is 4.13. The first kappa shape index (κ1) is 12.5. The Balaban J connectivity index is 3.40. The van der Waals surface area contributed by atoms with Gasteiger partial charge in [-0.25, -0.2) is 0 Å². The molecular weight excluding hydrogens is 258 g/mol. The van der Waals surface area contributed by atoms with Crippen molar-refractivity contribution in [1.29, 1.82) is 0 Å². The molecule has 0 aliphatic rings. The van der Waals surface area contributed by atoms with E-state index < -0.39 is 6.10 Å². The average molecular weight is 274 g/mol. The second-order valence-corrected chi connectivity index (χ2v) is 4.29. The van der Waals surface area contributed by atoms with E-state index in [-0.39, 0.29) is 6.54 Å². The fraction of sp³-hybridized carbons (Fsp3) is 0.455. The fourth-order valence-corrected chi connectivity index (χ4v) is 1.97. The predicted octanol–water partition coefficient (Wildman–Crippen LogP) is 2.07. The molecule has 0 heterocycles. The number of benzene rings is 1. The molecule has 0 bridgehead atoms. The highest BCUT2D eigenvalue weighted by atomic mass is 79.9. The lowest BCUT2D eigenvalue weighted by atomic mass is 9.99. The summed E-state index contributed by atoms with van der Waals surface area (Å²) in [4.78, 5) is 0. The van der Waals surface area contributed by atoms with Crippen molar-refractivity contribution in [2.45, 2.75) is 20.0 Å². The molecule has 0 radical (unpaired) electrons. The van der Waals surface area contributed by atoms with Crippen LogP contribution in [0.3, 0.4) is 0 Å². The number of nitrogens with two attached hydrogens (primary N) is 1. The van der Waals surface area contributed by atoms with Crippen molar-refractivity contribution in [1.82, 2.24) is 0 Å². The molecule has 0 saturated carbocycles. The lowest BCUT2D eigenvalue weighted by Crippen LogP contribution is -2.14. The third kappa shape index (κ3) is 2.33. The van der Waals surface area contributed by atoms with Crippen LogP contribution in [0.1, 0.15) is 22.8 Å². The maximum absolute atomic E-state index is 9.81. The van der Waals surface area contributed by atoms with E-state index in [0.717, 1.165) is 21.2 Å². The quantitative estimate of drug-likeness (QED) is 0.887. The Labute approximate surface area is 98.4 Å². The molecule has 0 saturated heterocycles. The summed E-state index contributed by atoms with van der Waals surface area (Å²) in [6.07, 6.45) is -0.683. The molecule has 0 aliphatic carbocycles. The molecule has 0 amide bonds. The van der Waals surface area contributed by atoms with Gasteiger partial charge in [0.2, 0.25) is 0 Å². The zero-order valence-corrected chi connectivity index (χ0v) is 10.8. The Bertz CT molecular complexity index is 366. The van der Waals surface area contributed by atoms with Crippen molar-refractivity contribution >= 4 is 15.9 Å². The topological polar surface area (TPSA) is 55.5 Å². The predicted molar refractivity (Wildman–Crippen MR) is 64.2 cm³/mol. The second kappa shape index (κ2) is 4.96. The number of ether oxygens (including phenoxy) is 1. The Morgan fingerprint density at radius 1 is 1.53 bits per heavy atom. The molecule has 1 unspecified atom stereocenters. The second-order valence-electron chi connectivity index (χ2n) is 3.50. The van der Waals surface area contributed by atoms with Crippen molar-refractivity contribution in [3.63, 3.8) is 0 Å². The zero-order valence-electron chi connectivity index (χ0n) is 9.17. The zero-order chi connectivity index (χ0) is 11.6. The number of halogens is 1. The van der Waals surface area contributed by atoms with Gasteiger partial charge in [-0.05, 0) is 31.0 Å². The van der Waals surface area contributed by atoms with E-state index in [4.69, 9.17) is 10.5 Å². The molecule has 0 aliphatic heterocycles. The molecule has 0 aromatic heterocycles. The number of hydrogen-bond acceptors (Lipinski definition) is 3. The van der Waals surface area contributed by atoms with Gasteiger partial charge in [-0.3, -0.25) is 0 Å². The van der Waals surface area contributed by atoms with Crippen LogP contribution in [0.2, 0.25) is 0 Å². The molecule has 0 spiro atoms. The summed E-state index contributed by atoms with van der Waals surface area (Å²) >= 11 is 3.48. The molecule has 1 rings (SSSR count). The first-order valence-electron chi connectivity index (χ1n) is 4.74.